The number of ether oxygens (including phenoxy) is 4. The van der Waals surface area contributed by atoms with Crippen molar-refractivity contribution in [2.75, 3.05) is 20.2 Å². The highest BCUT2D eigenvalue weighted by Crippen LogP contribution is 2.30. The average molecular weight is 481 g/mol. The van der Waals surface area contributed by atoms with E-state index in [9.17, 15) is 5.11 Å². The summed E-state index contributed by atoms with van der Waals surface area (Å²) in [7, 11) is 0. The van der Waals surface area contributed by atoms with Crippen LogP contribution >= 0.6 is 0 Å². The molecule has 3 unspecified atom stereocenters. The third-order valence-corrected chi connectivity index (χ3v) is 5.57. The molecule has 0 aliphatic heterocycles. The second-order valence-corrected chi connectivity index (χ2v) is 8.95. The summed E-state index contributed by atoms with van der Waals surface area (Å²) in [6.07, 6.45) is 1.41. The molecule has 0 spiro atoms. The first-order valence-electron chi connectivity index (χ1n) is 12.2. The van der Waals surface area contributed by atoms with Crippen LogP contribution in [-0.4, -0.2) is 37.0 Å². The largest absolute Gasteiger partial charge is 0.374 e. The van der Waals surface area contributed by atoms with Crippen molar-refractivity contribution in [2.45, 2.75) is 65.0 Å². The molecule has 1 N–H and O–H groups in total. The predicted molar refractivity (Wildman–Crippen MR) is 139 cm³/mol. The number of hydrogen-bond acceptors (Lipinski definition) is 5. The Morgan fingerprint density at radius 2 is 1.51 bits per heavy atom. The summed E-state index contributed by atoms with van der Waals surface area (Å²) in [4.78, 5) is 0. The maximum Gasteiger partial charge on any atom is 0.155 e. The molecule has 0 radical (unpaired) electrons. The lowest BCUT2D eigenvalue weighted by atomic mass is 9.82. The molecule has 0 bridgehead atoms. The fourth-order valence-electron chi connectivity index (χ4n) is 4.03. The quantitative estimate of drug-likeness (QED) is 0.133. The normalized spacial score (nSPS) is 14.4. The van der Waals surface area contributed by atoms with Crippen molar-refractivity contribution < 1.29 is 24.1 Å². The van der Waals surface area contributed by atoms with Crippen molar-refractivity contribution in [3.8, 4) is 11.8 Å². The first-order valence-corrected chi connectivity index (χ1v) is 12.2. The predicted octanol–water partition coefficient (Wildman–Crippen LogP) is 5.87. The highest BCUT2D eigenvalue weighted by molar-refractivity contribution is 5.20. The Morgan fingerprint density at radius 3 is 2.06 bits per heavy atom. The molecule has 0 saturated carbocycles. The first-order chi connectivity index (χ1) is 16.9. The molecule has 3 atom stereocenters. The second-order valence-electron chi connectivity index (χ2n) is 8.95. The van der Waals surface area contributed by atoms with Crippen LogP contribution in [0.2, 0.25) is 0 Å². The molecule has 0 saturated heterocycles. The van der Waals surface area contributed by atoms with E-state index in [1.165, 1.54) is 0 Å². The standard InChI is InChI=1S/C30H40O5/c1-5-18-30(31,20-25(2)3)29(35-24-34-22-28-16-10-7-11-17-28)26(4)13-12-19-32-23-33-21-27-14-8-6-9-15-27/h6-11,14-17,26,29,31H,2,12-13,19-24H2,1,3-4H3. The van der Waals surface area contributed by atoms with E-state index in [0.717, 1.165) is 29.5 Å². The molecule has 0 aromatic heterocycles. The maximum atomic E-state index is 11.4. The van der Waals surface area contributed by atoms with Gasteiger partial charge in [0.15, 0.2) is 5.60 Å². The fourth-order valence-corrected chi connectivity index (χ4v) is 4.03. The summed E-state index contributed by atoms with van der Waals surface area (Å²) in [6, 6.07) is 19.9. The third kappa shape index (κ3) is 11.2. The number of aliphatic hydroxyl groups is 1. The summed E-state index contributed by atoms with van der Waals surface area (Å²) < 4.78 is 23.1. The van der Waals surface area contributed by atoms with Crippen LogP contribution in [0, 0.1) is 17.8 Å². The van der Waals surface area contributed by atoms with Gasteiger partial charge in [-0.2, -0.15) is 0 Å². The topological polar surface area (TPSA) is 57.2 Å². The Balaban J connectivity index is 1.83. The van der Waals surface area contributed by atoms with E-state index in [4.69, 9.17) is 18.9 Å². The zero-order chi connectivity index (χ0) is 25.4. The Kier molecular flexibility index (Phi) is 13.4. The maximum absolute atomic E-state index is 11.4. The Bertz CT molecular complexity index is 903. The fraction of sp³-hybridized carbons (Fsp3) is 0.467. The lowest BCUT2D eigenvalue weighted by molar-refractivity contribution is -0.165. The molecule has 5 heteroatoms. The minimum absolute atomic E-state index is 0.0226. The van der Waals surface area contributed by atoms with Gasteiger partial charge in [0, 0.05) is 13.0 Å². The summed E-state index contributed by atoms with van der Waals surface area (Å²) in [5.74, 6) is 5.87. The molecule has 0 aliphatic carbocycles. The average Bonchev–Trinajstić information content (AvgIpc) is 2.84. The van der Waals surface area contributed by atoms with Gasteiger partial charge in [-0.05, 0) is 43.7 Å². The summed E-state index contributed by atoms with van der Waals surface area (Å²) in [6.45, 7) is 11.5. The number of rotatable bonds is 17. The molecule has 2 aromatic carbocycles. The van der Waals surface area contributed by atoms with E-state index < -0.39 is 11.7 Å². The Hall–Kier alpha value is -2.46. The molecular weight excluding hydrogens is 440 g/mol. The summed E-state index contributed by atoms with van der Waals surface area (Å²) in [5, 5.41) is 11.4. The van der Waals surface area contributed by atoms with Crippen LogP contribution in [0.3, 0.4) is 0 Å². The zero-order valence-electron chi connectivity index (χ0n) is 21.4. The van der Waals surface area contributed by atoms with Crippen LogP contribution in [0.25, 0.3) is 0 Å². The van der Waals surface area contributed by atoms with Crippen LogP contribution in [0.15, 0.2) is 72.8 Å². The van der Waals surface area contributed by atoms with Gasteiger partial charge in [-0.25, -0.2) is 0 Å². The minimum atomic E-state index is -1.34. The molecule has 190 valence electrons. The lowest BCUT2D eigenvalue weighted by Gasteiger charge is -2.36. The zero-order valence-corrected chi connectivity index (χ0v) is 21.4. The Morgan fingerprint density at radius 1 is 0.943 bits per heavy atom. The minimum Gasteiger partial charge on any atom is -0.374 e. The molecule has 0 heterocycles. The third-order valence-electron chi connectivity index (χ3n) is 5.57. The molecule has 0 fully saturated rings. The van der Waals surface area contributed by atoms with Crippen LogP contribution in [0.1, 0.15) is 51.2 Å². The van der Waals surface area contributed by atoms with Crippen LogP contribution in [-0.2, 0) is 32.2 Å². The van der Waals surface area contributed by atoms with Gasteiger partial charge in [-0.15, -0.1) is 5.92 Å². The van der Waals surface area contributed by atoms with Crippen molar-refractivity contribution in [3.63, 3.8) is 0 Å². The monoisotopic (exact) mass is 480 g/mol. The van der Waals surface area contributed by atoms with Gasteiger partial charge >= 0.3 is 0 Å². The Labute approximate surface area is 211 Å². The highest BCUT2D eigenvalue weighted by atomic mass is 16.7. The van der Waals surface area contributed by atoms with Gasteiger partial charge in [-0.1, -0.05) is 85.7 Å². The molecule has 5 nitrogen and oxygen atoms in total. The van der Waals surface area contributed by atoms with Crippen LogP contribution < -0.4 is 0 Å². The lowest BCUT2D eigenvalue weighted by Crippen LogP contribution is -2.47. The molecular formula is C30H40O5. The van der Waals surface area contributed by atoms with Crippen LogP contribution in [0.5, 0.6) is 0 Å². The van der Waals surface area contributed by atoms with Gasteiger partial charge in [0.05, 0.1) is 13.2 Å². The highest BCUT2D eigenvalue weighted by Gasteiger charge is 2.39. The van der Waals surface area contributed by atoms with E-state index >= 15 is 0 Å². The van der Waals surface area contributed by atoms with E-state index in [1.54, 1.807) is 6.92 Å². The van der Waals surface area contributed by atoms with E-state index in [0.29, 0.717) is 26.2 Å². The summed E-state index contributed by atoms with van der Waals surface area (Å²) >= 11 is 0. The van der Waals surface area contributed by atoms with E-state index in [-0.39, 0.29) is 19.5 Å². The van der Waals surface area contributed by atoms with Crippen molar-refractivity contribution in [1.29, 1.82) is 0 Å². The molecule has 35 heavy (non-hydrogen) atoms. The van der Waals surface area contributed by atoms with Crippen molar-refractivity contribution in [2.24, 2.45) is 5.92 Å². The molecule has 0 aliphatic rings. The first kappa shape index (κ1) is 28.8. The van der Waals surface area contributed by atoms with Gasteiger partial charge in [0.25, 0.3) is 0 Å². The number of hydrogen-bond donors (Lipinski definition) is 1. The van der Waals surface area contributed by atoms with Crippen molar-refractivity contribution in [3.05, 3.63) is 83.9 Å². The van der Waals surface area contributed by atoms with E-state index in [2.05, 4.69) is 25.3 Å². The van der Waals surface area contributed by atoms with E-state index in [1.807, 2.05) is 67.6 Å². The van der Waals surface area contributed by atoms with Gasteiger partial charge in [-0.3, -0.25) is 0 Å². The molecule has 2 rings (SSSR count). The second kappa shape index (κ2) is 16.3. The smallest absolute Gasteiger partial charge is 0.155 e. The van der Waals surface area contributed by atoms with Gasteiger partial charge in [0.2, 0.25) is 0 Å². The molecule has 2 aromatic rings. The van der Waals surface area contributed by atoms with Crippen LogP contribution in [0.4, 0.5) is 0 Å². The van der Waals surface area contributed by atoms with Gasteiger partial charge in [0.1, 0.15) is 19.7 Å². The van der Waals surface area contributed by atoms with Gasteiger partial charge < -0.3 is 24.1 Å². The molecule has 0 amide bonds. The van der Waals surface area contributed by atoms with Crippen molar-refractivity contribution in [1.82, 2.24) is 0 Å². The van der Waals surface area contributed by atoms with Crippen molar-refractivity contribution >= 4 is 0 Å². The number of benzene rings is 2. The summed E-state index contributed by atoms with van der Waals surface area (Å²) in [5.41, 5.74) is 1.70. The SMILES string of the molecule is C=C(C)CC(O)(C#CC)C(OCOCc1ccccc1)C(C)CCCOCOCc1ccccc1.